The van der Waals surface area contributed by atoms with Crippen molar-refractivity contribution >= 4 is 0 Å². The summed E-state index contributed by atoms with van der Waals surface area (Å²) in [4.78, 5) is 0. The highest BCUT2D eigenvalue weighted by Crippen LogP contribution is 2.33. The van der Waals surface area contributed by atoms with Crippen LogP contribution in [0.25, 0.3) is 0 Å². The summed E-state index contributed by atoms with van der Waals surface area (Å²) in [6, 6.07) is 11.1. The van der Waals surface area contributed by atoms with Crippen molar-refractivity contribution < 1.29 is 0 Å². The van der Waals surface area contributed by atoms with Gasteiger partial charge in [0.1, 0.15) is 0 Å². The van der Waals surface area contributed by atoms with Crippen LogP contribution in [0.3, 0.4) is 0 Å². The Morgan fingerprint density at radius 3 is 2.15 bits per heavy atom. The van der Waals surface area contributed by atoms with Gasteiger partial charge in [0.05, 0.1) is 0 Å². The Morgan fingerprint density at radius 2 is 1.55 bits per heavy atom. The fourth-order valence-electron chi connectivity index (χ4n) is 3.21. The van der Waals surface area contributed by atoms with Crippen LogP contribution in [0.4, 0.5) is 0 Å². The van der Waals surface area contributed by atoms with Crippen LogP contribution in [0.5, 0.6) is 0 Å². The molecule has 0 saturated carbocycles. The van der Waals surface area contributed by atoms with Crippen LogP contribution < -0.4 is 5.32 Å². The Kier molecular flexibility index (Phi) is 8.60. The number of nitrogens with one attached hydrogen (secondary N) is 1. The van der Waals surface area contributed by atoms with E-state index in [0.29, 0.717) is 5.41 Å². The zero-order chi connectivity index (χ0) is 14.7. The summed E-state index contributed by atoms with van der Waals surface area (Å²) in [7, 11) is 2.08. The quantitative estimate of drug-likeness (QED) is 0.540. The van der Waals surface area contributed by atoms with Crippen LogP contribution >= 0.6 is 0 Å². The minimum atomic E-state index is 0.320. The van der Waals surface area contributed by atoms with Crippen LogP contribution in [-0.2, 0) is 5.41 Å². The lowest BCUT2D eigenvalue weighted by molar-refractivity contribution is 0.348. The summed E-state index contributed by atoms with van der Waals surface area (Å²) in [5.74, 6) is 0. The molecule has 0 heterocycles. The van der Waals surface area contributed by atoms with Gasteiger partial charge in [0.25, 0.3) is 0 Å². The van der Waals surface area contributed by atoms with Gasteiger partial charge in [-0.25, -0.2) is 0 Å². The Bertz CT molecular complexity index is 333. The highest BCUT2D eigenvalue weighted by Gasteiger charge is 2.28. The maximum Gasteiger partial charge on any atom is 0.00750 e. The third-order valence-electron chi connectivity index (χ3n) is 4.59. The van der Waals surface area contributed by atoms with Gasteiger partial charge in [-0.2, -0.15) is 0 Å². The van der Waals surface area contributed by atoms with Gasteiger partial charge in [0.15, 0.2) is 0 Å². The molecule has 20 heavy (non-hydrogen) atoms. The Balaban J connectivity index is 2.56. The molecule has 1 atom stereocenters. The second-order valence-corrected chi connectivity index (χ2v) is 6.05. The van der Waals surface area contributed by atoms with Gasteiger partial charge < -0.3 is 5.32 Å². The van der Waals surface area contributed by atoms with Crippen LogP contribution in [0.1, 0.15) is 70.8 Å². The first-order valence-corrected chi connectivity index (χ1v) is 8.49. The van der Waals surface area contributed by atoms with Crippen molar-refractivity contribution in [1.29, 1.82) is 0 Å². The first-order chi connectivity index (χ1) is 9.79. The predicted octanol–water partition coefficient (Wildman–Crippen LogP) is 5.30. The monoisotopic (exact) mass is 275 g/mol. The molecule has 1 nitrogen and oxygen atoms in total. The molecule has 0 aliphatic carbocycles. The van der Waals surface area contributed by atoms with Crippen molar-refractivity contribution in [3.8, 4) is 0 Å². The minimum absolute atomic E-state index is 0.320. The van der Waals surface area contributed by atoms with E-state index in [-0.39, 0.29) is 0 Å². The van der Waals surface area contributed by atoms with E-state index in [9.17, 15) is 0 Å². The van der Waals surface area contributed by atoms with E-state index in [1.807, 2.05) is 0 Å². The van der Waals surface area contributed by atoms with Crippen LogP contribution in [-0.4, -0.2) is 13.6 Å². The van der Waals surface area contributed by atoms with Gasteiger partial charge in [0.2, 0.25) is 0 Å². The summed E-state index contributed by atoms with van der Waals surface area (Å²) in [5, 5.41) is 3.42. The van der Waals surface area contributed by atoms with Crippen molar-refractivity contribution in [2.45, 2.75) is 70.6 Å². The molecular formula is C19H33N. The topological polar surface area (TPSA) is 12.0 Å². The Labute approximate surface area is 126 Å². The fraction of sp³-hybridized carbons (Fsp3) is 0.684. The molecule has 1 N–H and O–H groups in total. The van der Waals surface area contributed by atoms with Gasteiger partial charge >= 0.3 is 0 Å². The lowest BCUT2D eigenvalue weighted by Crippen LogP contribution is -2.36. The summed E-state index contributed by atoms with van der Waals surface area (Å²) < 4.78 is 0. The number of likely N-dealkylation sites (N-methyl/N-ethyl adjacent to an activating group) is 1. The molecule has 0 radical (unpaired) electrons. The zero-order valence-electron chi connectivity index (χ0n) is 13.8. The third kappa shape index (κ3) is 5.28. The zero-order valence-corrected chi connectivity index (χ0v) is 13.8. The molecule has 0 amide bonds. The number of benzene rings is 1. The van der Waals surface area contributed by atoms with Gasteiger partial charge in [-0.3, -0.25) is 0 Å². The Morgan fingerprint density at radius 1 is 0.900 bits per heavy atom. The summed E-state index contributed by atoms with van der Waals surface area (Å²) in [5.41, 5.74) is 1.83. The number of unbranched alkanes of at least 4 members (excludes halogenated alkanes) is 5. The molecule has 0 saturated heterocycles. The molecule has 0 spiro atoms. The maximum atomic E-state index is 3.42. The van der Waals surface area contributed by atoms with Crippen LogP contribution in [0.2, 0.25) is 0 Å². The largest absolute Gasteiger partial charge is 0.319 e. The smallest absolute Gasteiger partial charge is 0.00750 e. The highest BCUT2D eigenvalue weighted by atomic mass is 14.8. The van der Waals surface area contributed by atoms with E-state index < -0.39 is 0 Å². The molecule has 1 aromatic rings. The SMILES string of the molecule is CCCCCCCCC(CC)(CNC)c1ccccc1. The molecule has 114 valence electrons. The number of rotatable bonds is 11. The van der Waals surface area contributed by atoms with Crippen molar-refractivity contribution in [2.75, 3.05) is 13.6 Å². The predicted molar refractivity (Wildman–Crippen MR) is 90.3 cm³/mol. The molecule has 1 aromatic carbocycles. The van der Waals surface area contributed by atoms with Gasteiger partial charge in [-0.1, -0.05) is 82.7 Å². The molecular weight excluding hydrogens is 242 g/mol. The first-order valence-electron chi connectivity index (χ1n) is 8.49. The van der Waals surface area contributed by atoms with E-state index in [4.69, 9.17) is 0 Å². The average Bonchev–Trinajstić information content (AvgIpc) is 2.50. The molecule has 0 aromatic heterocycles. The van der Waals surface area contributed by atoms with Crippen molar-refractivity contribution in [2.24, 2.45) is 0 Å². The number of hydrogen-bond acceptors (Lipinski definition) is 1. The van der Waals surface area contributed by atoms with E-state index >= 15 is 0 Å². The summed E-state index contributed by atoms with van der Waals surface area (Å²) in [6.07, 6.45) is 10.8. The highest BCUT2D eigenvalue weighted by molar-refractivity contribution is 5.25. The van der Waals surface area contributed by atoms with Gasteiger partial charge in [0, 0.05) is 12.0 Å². The molecule has 0 aliphatic rings. The van der Waals surface area contributed by atoms with E-state index in [1.165, 1.54) is 56.9 Å². The van der Waals surface area contributed by atoms with Crippen LogP contribution in [0.15, 0.2) is 30.3 Å². The first kappa shape index (κ1) is 17.2. The van der Waals surface area contributed by atoms with Crippen molar-refractivity contribution in [1.82, 2.24) is 5.32 Å². The number of hydrogen-bond donors (Lipinski definition) is 1. The normalized spacial score (nSPS) is 14.2. The van der Waals surface area contributed by atoms with Crippen LogP contribution in [0, 0.1) is 0 Å². The maximum absolute atomic E-state index is 3.42. The lowest BCUT2D eigenvalue weighted by Gasteiger charge is -2.33. The van der Waals surface area contributed by atoms with Gasteiger partial charge in [-0.15, -0.1) is 0 Å². The second-order valence-electron chi connectivity index (χ2n) is 6.05. The van der Waals surface area contributed by atoms with Gasteiger partial charge in [-0.05, 0) is 25.5 Å². The molecule has 1 unspecified atom stereocenters. The third-order valence-corrected chi connectivity index (χ3v) is 4.59. The fourth-order valence-corrected chi connectivity index (χ4v) is 3.21. The standard InChI is InChI=1S/C19H33N/c1-4-6-7-8-9-13-16-19(5-2,17-20-3)18-14-11-10-12-15-18/h10-12,14-15,20H,4-9,13,16-17H2,1-3H3. The summed E-state index contributed by atoms with van der Waals surface area (Å²) in [6.45, 7) is 5.70. The van der Waals surface area contributed by atoms with E-state index in [2.05, 4.69) is 56.5 Å². The second kappa shape index (κ2) is 9.99. The minimum Gasteiger partial charge on any atom is -0.319 e. The lowest BCUT2D eigenvalue weighted by atomic mass is 9.74. The Hall–Kier alpha value is -0.820. The average molecular weight is 275 g/mol. The molecule has 1 heteroatoms. The van der Waals surface area contributed by atoms with Crippen molar-refractivity contribution in [3.05, 3.63) is 35.9 Å². The summed E-state index contributed by atoms with van der Waals surface area (Å²) >= 11 is 0. The van der Waals surface area contributed by atoms with Crippen molar-refractivity contribution in [3.63, 3.8) is 0 Å². The molecule has 0 bridgehead atoms. The molecule has 0 aliphatic heterocycles. The van der Waals surface area contributed by atoms with E-state index in [1.54, 1.807) is 0 Å². The molecule has 0 fully saturated rings. The van der Waals surface area contributed by atoms with E-state index in [0.717, 1.165) is 6.54 Å². The molecule has 1 rings (SSSR count).